The first-order valence-electron chi connectivity index (χ1n) is 8.75. The second-order valence-electron chi connectivity index (χ2n) is 6.75. The second-order valence-corrected chi connectivity index (χ2v) is 6.75. The lowest BCUT2D eigenvalue weighted by atomic mass is 10.1. The van der Waals surface area contributed by atoms with Crippen molar-refractivity contribution in [1.82, 2.24) is 15.0 Å². The highest BCUT2D eigenvalue weighted by molar-refractivity contribution is 5.91. The topological polar surface area (TPSA) is 72.4 Å². The quantitative estimate of drug-likeness (QED) is 0.642. The zero-order chi connectivity index (χ0) is 18.5. The summed E-state index contributed by atoms with van der Waals surface area (Å²) in [5.74, 6) is 1.65. The second kappa shape index (κ2) is 7.99. The molecule has 3 aromatic rings. The molecular weight excluding hydrogens is 330 g/mol. The molecule has 2 aromatic heterocycles. The van der Waals surface area contributed by atoms with Crippen molar-refractivity contribution in [1.29, 1.82) is 0 Å². The molecule has 0 atom stereocenters. The average molecular weight is 353 g/mol. The number of amides is 1. The number of furan rings is 1. The molecule has 2 heterocycles. The lowest BCUT2D eigenvalue weighted by Crippen LogP contribution is -2.35. The van der Waals surface area contributed by atoms with E-state index in [1.54, 1.807) is 17.0 Å². The Bertz CT molecular complexity index is 853. The molecule has 0 fully saturated rings. The Kier molecular flexibility index (Phi) is 5.51. The van der Waals surface area contributed by atoms with Crippen molar-refractivity contribution in [2.45, 2.75) is 27.2 Å². The predicted molar refractivity (Wildman–Crippen MR) is 97.6 cm³/mol. The maximum absolute atomic E-state index is 12.6. The van der Waals surface area contributed by atoms with Gasteiger partial charge >= 0.3 is 0 Å². The van der Waals surface area contributed by atoms with Gasteiger partial charge in [-0.15, -0.1) is 0 Å². The number of carbonyl (C=O) groups excluding carboxylic acids is 1. The molecule has 0 bridgehead atoms. The first-order valence-corrected chi connectivity index (χ1v) is 8.75. The summed E-state index contributed by atoms with van der Waals surface area (Å²) in [6.45, 7) is 7.30. The van der Waals surface area contributed by atoms with E-state index in [1.807, 2.05) is 31.2 Å². The lowest BCUT2D eigenvalue weighted by Gasteiger charge is -2.22. The molecule has 0 radical (unpaired) electrons. The van der Waals surface area contributed by atoms with Crippen molar-refractivity contribution in [2.75, 3.05) is 13.1 Å². The number of carbonyl (C=O) groups is 1. The number of aromatic nitrogens is 2. The molecule has 0 aliphatic carbocycles. The van der Waals surface area contributed by atoms with Gasteiger partial charge in [0.2, 0.25) is 11.7 Å². The minimum atomic E-state index is -0.123. The number of hydrogen-bond donors (Lipinski definition) is 0. The summed E-state index contributed by atoms with van der Waals surface area (Å²) >= 11 is 0. The Morgan fingerprint density at radius 1 is 1.23 bits per heavy atom. The lowest BCUT2D eigenvalue weighted by molar-refractivity contribution is 0.0702. The van der Waals surface area contributed by atoms with E-state index in [-0.39, 0.29) is 5.91 Å². The third kappa shape index (κ3) is 4.39. The zero-order valence-corrected chi connectivity index (χ0v) is 15.3. The molecule has 0 aliphatic rings. The Hall–Kier alpha value is -2.89. The van der Waals surface area contributed by atoms with E-state index in [0.717, 1.165) is 11.1 Å². The highest BCUT2D eigenvalue weighted by Crippen LogP contribution is 2.17. The maximum atomic E-state index is 12.6. The van der Waals surface area contributed by atoms with Gasteiger partial charge in [0, 0.05) is 25.1 Å². The van der Waals surface area contributed by atoms with Crippen LogP contribution in [-0.2, 0) is 6.42 Å². The molecule has 6 heteroatoms. The van der Waals surface area contributed by atoms with Crippen LogP contribution in [0.15, 0.2) is 51.6 Å². The van der Waals surface area contributed by atoms with Crippen molar-refractivity contribution in [2.24, 2.45) is 5.92 Å². The molecule has 3 rings (SSSR count). The molecule has 0 unspecified atom stereocenters. The van der Waals surface area contributed by atoms with Gasteiger partial charge in [0.1, 0.15) is 0 Å². The van der Waals surface area contributed by atoms with Gasteiger partial charge in [0.05, 0.1) is 6.26 Å². The van der Waals surface area contributed by atoms with Crippen LogP contribution >= 0.6 is 0 Å². The summed E-state index contributed by atoms with van der Waals surface area (Å²) in [6.07, 6.45) is 2.00. The van der Waals surface area contributed by atoms with Gasteiger partial charge in [-0.05, 0) is 31.0 Å². The van der Waals surface area contributed by atoms with Gasteiger partial charge in [-0.25, -0.2) is 0 Å². The number of benzene rings is 1. The van der Waals surface area contributed by atoms with E-state index in [0.29, 0.717) is 42.9 Å². The monoisotopic (exact) mass is 353 g/mol. The highest BCUT2D eigenvalue weighted by atomic mass is 16.5. The van der Waals surface area contributed by atoms with E-state index in [1.165, 1.54) is 6.26 Å². The molecule has 26 heavy (non-hydrogen) atoms. The Morgan fingerprint density at radius 2 is 2.08 bits per heavy atom. The van der Waals surface area contributed by atoms with Crippen LogP contribution in [0.25, 0.3) is 11.4 Å². The Morgan fingerprint density at radius 3 is 2.77 bits per heavy atom. The van der Waals surface area contributed by atoms with Crippen LogP contribution in [0.5, 0.6) is 0 Å². The Labute approximate surface area is 152 Å². The molecule has 0 N–H and O–H groups in total. The van der Waals surface area contributed by atoms with Crippen LogP contribution in [0.3, 0.4) is 0 Å². The number of aryl methyl sites for hydroxylation is 1. The van der Waals surface area contributed by atoms with Gasteiger partial charge in [0.15, 0.2) is 5.76 Å². The average Bonchev–Trinajstić information content (AvgIpc) is 3.29. The van der Waals surface area contributed by atoms with Gasteiger partial charge in [-0.2, -0.15) is 4.98 Å². The van der Waals surface area contributed by atoms with Crippen LogP contribution in [0.4, 0.5) is 0 Å². The third-order valence-corrected chi connectivity index (χ3v) is 3.94. The Balaban J connectivity index is 1.68. The SMILES string of the molecule is Cc1cccc(-c2noc(CCN(CC(C)C)C(=O)c3ccco3)n2)c1. The van der Waals surface area contributed by atoms with Crippen molar-refractivity contribution < 1.29 is 13.7 Å². The van der Waals surface area contributed by atoms with Crippen LogP contribution in [0, 0.1) is 12.8 Å². The minimum Gasteiger partial charge on any atom is -0.459 e. The number of hydrogen-bond acceptors (Lipinski definition) is 5. The van der Waals surface area contributed by atoms with Crippen molar-refractivity contribution in [3.63, 3.8) is 0 Å². The largest absolute Gasteiger partial charge is 0.459 e. The standard InChI is InChI=1S/C20H23N3O3/c1-14(2)13-23(20(24)17-8-5-11-25-17)10-9-18-21-19(22-26-18)16-7-4-6-15(3)12-16/h4-8,11-12,14H,9-10,13H2,1-3H3. The van der Waals surface area contributed by atoms with E-state index in [2.05, 4.69) is 24.0 Å². The first-order chi connectivity index (χ1) is 12.5. The number of nitrogens with zero attached hydrogens (tertiary/aromatic N) is 3. The van der Waals surface area contributed by atoms with Gasteiger partial charge < -0.3 is 13.8 Å². The van der Waals surface area contributed by atoms with Crippen LogP contribution in [0.2, 0.25) is 0 Å². The van der Waals surface area contributed by atoms with E-state index >= 15 is 0 Å². The van der Waals surface area contributed by atoms with Crippen molar-refractivity contribution in [3.05, 3.63) is 59.9 Å². The van der Waals surface area contributed by atoms with Crippen molar-refractivity contribution in [3.8, 4) is 11.4 Å². The molecule has 0 saturated heterocycles. The van der Waals surface area contributed by atoms with Crippen LogP contribution in [0.1, 0.15) is 35.9 Å². The summed E-state index contributed by atoms with van der Waals surface area (Å²) in [5, 5.41) is 4.05. The number of rotatable bonds is 7. The minimum absolute atomic E-state index is 0.123. The molecule has 0 saturated carbocycles. The summed E-state index contributed by atoms with van der Waals surface area (Å²) in [4.78, 5) is 18.8. The smallest absolute Gasteiger partial charge is 0.289 e. The third-order valence-electron chi connectivity index (χ3n) is 3.94. The van der Waals surface area contributed by atoms with Gasteiger partial charge in [-0.3, -0.25) is 4.79 Å². The molecule has 0 aliphatic heterocycles. The van der Waals surface area contributed by atoms with Gasteiger partial charge in [0.25, 0.3) is 5.91 Å². The fourth-order valence-electron chi connectivity index (χ4n) is 2.76. The molecular formula is C20H23N3O3. The van der Waals surface area contributed by atoms with Crippen LogP contribution in [-0.4, -0.2) is 34.0 Å². The predicted octanol–water partition coefficient (Wildman–Crippen LogP) is 3.98. The van der Waals surface area contributed by atoms with Gasteiger partial charge in [-0.1, -0.05) is 42.8 Å². The maximum Gasteiger partial charge on any atom is 0.289 e. The summed E-state index contributed by atoms with van der Waals surface area (Å²) < 4.78 is 10.6. The summed E-state index contributed by atoms with van der Waals surface area (Å²) in [6, 6.07) is 11.3. The fourth-order valence-corrected chi connectivity index (χ4v) is 2.76. The molecule has 136 valence electrons. The highest BCUT2D eigenvalue weighted by Gasteiger charge is 2.20. The van der Waals surface area contributed by atoms with E-state index in [9.17, 15) is 4.79 Å². The molecule has 1 aromatic carbocycles. The van der Waals surface area contributed by atoms with Crippen molar-refractivity contribution >= 4 is 5.91 Å². The van der Waals surface area contributed by atoms with Crippen LogP contribution < -0.4 is 0 Å². The van der Waals surface area contributed by atoms with E-state index in [4.69, 9.17) is 8.94 Å². The first kappa shape index (κ1) is 17.9. The molecule has 6 nitrogen and oxygen atoms in total. The molecule has 0 spiro atoms. The fraction of sp³-hybridized carbons (Fsp3) is 0.350. The zero-order valence-electron chi connectivity index (χ0n) is 15.3. The molecule has 1 amide bonds. The summed E-state index contributed by atoms with van der Waals surface area (Å²) in [7, 11) is 0. The van der Waals surface area contributed by atoms with E-state index < -0.39 is 0 Å². The normalized spacial score (nSPS) is 11.1. The summed E-state index contributed by atoms with van der Waals surface area (Å²) in [5.41, 5.74) is 2.06.